The first-order valence-electron chi connectivity index (χ1n) is 8.74. The third-order valence-corrected chi connectivity index (χ3v) is 3.94. The number of aliphatic carboxylic acids is 2. The Balaban J connectivity index is 4.22. The van der Waals surface area contributed by atoms with Gasteiger partial charge >= 0.3 is 11.9 Å². The molecule has 3 N–H and O–H groups in total. The third kappa shape index (κ3) is 10.6. The molecule has 0 heterocycles. The third-order valence-electron chi connectivity index (χ3n) is 3.94. The van der Waals surface area contributed by atoms with Gasteiger partial charge in [-0.15, -0.1) is 0 Å². The van der Waals surface area contributed by atoms with Crippen LogP contribution < -0.4 is 5.32 Å². The largest absolute Gasteiger partial charge is 0.480 e. The molecule has 0 bridgehead atoms. The lowest BCUT2D eigenvalue weighted by Gasteiger charge is -2.20. The first kappa shape index (κ1) is 20.9. The van der Waals surface area contributed by atoms with E-state index in [0.29, 0.717) is 12.8 Å². The first-order chi connectivity index (χ1) is 10.5. The zero-order valence-corrected chi connectivity index (χ0v) is 14.1. The number of carboxylic acids is 2. The summed E-state index contributed by atoms with van der Waals surface area (Å²) in [5.74, 6) is -1.90. The maximum atomic E-state index is 11.3. The maximum absolute atomic E-state index is 11.3. The van der Waals surface area contributed by atoms with Crippen LogP contribution in [0.15, 0.2) is 0 Å². The van der Waals surface area contributed by atoms with E-state index in [9.17, 15) is 19.8 Å². The van der Waals surface area contributed by atoms with Gasteiger partial charge in [0.25, 0.3) is 0 Å². The minimum atomic E-state index is -0.950. The number of rotatable bonds is 15. The Bertz CT molecular complexity index is 307. The van der Waals surface area contributed by atoms with E-state index in [2.05, 4.69) is 19.2 Å². The molecule has 2 atom stereocenters. The smallest absolute Gasteiger partial charge is 0.320 e. The van der Waals surface area contributed by atoms with E-state index in [1.54, 1.807) is 0 Å². The van der Waals surface area contributed by atoms with Crippen molar-refractivity contribution in [2.45, 2.75) is 96.6 Å². The zero-order chi connectivity index (χ0) is 16.8. The molecule has 0 aliphatic heterocycles. The van der Waals surface area contributed by atoms with Gasteiger partial charge in [0, 0.05) is 0 Å². The van der Waals surface area contributed by atoms with Crippen LogP contribution in [0.2, 0.25) is 0 Å². The van der Waals surface area contributed by atoms with Crippen LogP contribution in [0.3, 0.4) is 0 Å². The number of unbranched alkanes of at least 4 members (excludes halogenated alkanes) is 7. The Morgan fingerprint density at radius 3 is 1.45 bits per heavy atom. The van der Waals surface area contributed by atoms with Crippen molar-refractivity contribution < 1.29 is 19.8 Å². The molecule has 0 aliphatic rings. The molecule has 0 fully saturated rings. The summed E-state index contributed by atoms with van der Waals surface area (Å²) >= 11 is 0. The highest BCUT2D eigenvalue weighted by Gasteiger charge is 2.25. The normalized spacial score (nSPS) is 13.7. The van der Waals surface area contributed by atoms with E-state index >= 15 is 0 Å². The van der Waals surface area contributed by atoms with E-state index in [4.69, 9.17) is 0 Å². The van der Waals surface area contributed by atoms with Crippen LogP contribution in [-0.2, 0) is 9.59 Å². The number of hydrogen-bond acceptors (Lipinski definition) is 3. The van der Waals surface area contributed by atoms with Crippen LogP contribution in [0.5, 0.6) is 0 Å². The zero-order valence-electron chi connectivity index (χ0n) is 14.1. The van der Waals surface area contributed by atoms with Gasteiger partial charge in [0.15, 0.2) is 0 Å². The molecule has 130 valence electrons. The lowest BCUT2D eigenvalue weighted by molar-refractivity contribution is -0.142. The molecule has 0 aromatic heterocycles. The highest BCUT2D eigenvalue weighted by Crippen LogP contribution is 2.11. The maximum Gasteiger partial charge on any atom is 0.320 e. The molecule has 22 heavy (non-hydrogen) atoms. The Morgan fingerprint density at radius 1 is 0.727 bits per heavy atom. The van der Waals surface area contributed by atoms with Gasteiger partial charge in [-0.1, -0.05) is 71.6 Å². The summed E-state index contributed by atoms with van der Waals surface area (Å²) in [7, 11) is 0. The Kier molecular flexibility index (Phi) is 12.9. The molecule has 0 saturated heterocycles. The fraction of sp³-hybridized carbons (Fsp3) is 0.882. The Morgan fingerprint density at radius 2 is 1.09 bits per heavy atom. The monoisotopic (exact) mass is 315 g/mol. The summed E-state index contributed by atoms with van der Waals surface area (Å²) in [4.78, 5) is 22.6. The topological polar surface area (TPSA) is 86.6 Å². The van der Waals surface area contributed by atoms with Gasteiger partial charge in [0.1, 0.15) is 12.1 Å². The number of nitrogens with one attached hydrogen (secondary N) is 1. The van der Waals surface area contributed by atoms with Crippen LogP contribution in [0.4, 0.5) is 0 Å². The molecule has 0 aromatic carbocycles. The molecule has 0 spiro atoms. The van der Waals surface area contributed by atoms with Crippen molar-refractivity contribution in [3.05, 3.63) is 0 Å². The summed E-state index contributed by atoms with van der Waals surface area (Å²) < 4.78 is 0. The molecule has 0 saturated carbocycles. The second kappa shape index (κ2) is 13.6. The SMILES string of the molecule is CCCCCCCC(NC(CCCCCC)C(=O)O)C(=O)O. The lowest BCUT2D eigenvalue weighted by atomic mass is 10.0. The van der Waals surface area contributed by atoms with Gasteiger partial charge in [0.05, 0.1) is 0 Å². The predicted molar refractivity (Wildman–Crippen MR) is 88.1 cm³/mol. The van der Waals surface area contributed by atoms with E-state index < -0.39 is 24.0 Å². The molecule has 0 radical (unpaired) electrons. The van der Waals surface area contributed by atoms with Crippen molar-refractivity contribution >= 4 is 11.9 Å². The van der Waals surface area contributed by atoms with E-state index in [0.717, 1.165) is 51.4 Å². The second-order valence-electron chi connectivity index (χ2n) is 6.00. The molecule has 0 amide bonds. The van der Waals surface area contributed by atoms with Gasteiger partial charge < -0.3 is 10.2 Å². The minimum Gasteiger partial charge on any atom is -0.480 e. The predicted octanol–water partition coefficient (Wildman–Crippen LogP) is 3.81. The second-order valence-corrected chi connectivity index (χ2v) is 6.00. The molecule has 2 unspecified atom stereocenters. The Labute approximate surface area is 134 Å². The fourth-order valence-corrected chi connectivity index (χ4v) is 2.53. The standard InChI is InChI=1S/C17H33NO4/c1-3-5-7-9-11-13-15(17(21)22)18-14(16(19)20)12-10-8-6-4-2/h14-15,18H,3-13H2,1-2H3,(H,19,20)(H,21,22). The fourth-order valence-electron chi connectivity index (χ4n) is 2.53. The highest BCUT2D eigenvalue weighted by molar-refractivity contribution is 5.77. The Hall–Kier alpha value is -1.10. The number of carbonyl (C=O) groups is 2. The van der Waals surface area contributed by atoms with Crippen molar-refractivity contribution in [2.24, 2.45) is 0 Å². The van der Waals surface area contributed by atoms with Crippen LogP contribution in [0, 0.1) is 0 Å². The van der Waals surface area contributed by atoms with Crippen molar-refractivity contribution in [3.63, 3.8) is 0 Å². The van der Waals surface area contributed by atoms with Gasteiger partial charge in [-0.2, -0.15) is 0 Å². The van der Waals surface area contributed by atoms with Gasteiger partial charge in [-0.3, -0.25) is 14.9 Å². The van der Waals surface area contributed by atoms with E-state index in [-0.39, 0.29) is 0 Å². The van der Waals surface area contributed by atoms with E-state index in [1.165, 1.54) is 6.42 Å². The van der Waals surface area contributed by atoms with Gasteiger partial charge in [-0.05, 0) is 12.8 Å². The summed E-state index contributed by atoms with van der Waals surface area (Å²) in [6, 6.07) is -1.51. The van der Waals surface area contributed by atoms with Crippen molar-refractivity contribution in [3.8, 4) is 0 Å². The van der Waals surface area contributed by atoms with Gasteiger partial charge in [-0.25, -0.2) is 0 Å². The molecule has 0 rings (SSSR count). The highest BCUT2D eigenvalue weighted by atomic mass is 16.4. The average Bonchev–Trinajstić information content (AvgIpc) is 2.47. The summed E-state index contributed by atoms with van der Waals surface area (Å²) in [5.41, 5.74) is 0. The van der Waals surface area contributed by atoms with Crippen LogP contribution in [0.25, 0.3) is 0 Å². The quantitative estimate of drug-likeness (QED) is 0.400. The van der Waals surface area contributed by atoms with Crippen LogP contribution in [-0.4, -0.2) is 34.2 Å². The summed E-state index contributed by atoms with van der Waals surface area (Å²) in [6.07, 6.45) is 10.3. The van der Waals surface area contributed by atoms with Gasteiger partial charge in [0.2, 0.25) is 0 Å². The average molecular weight is 315 g/mol. The van der Waals surface area contributed by atoms with Crippen molar-refractivity contribution in [1.29, 1.82) is 0 Å². The van der Waals surface area contributed by atoms with Crippen LogP contribution in [0.1, 0.15) is 84.5 Å². The molecule has 0 aliphatic carbocycles. The van der Waals surface area contributed by atoms with Crippen LogP contribution >= 0.6 is 0 Å². The van der Waals surface area contributed by atoms with Crippen molar-refractivity contribution in [1.82, 2.24) is 5.32 Å². The molecule has 5 nitrogen and oxygen atoms in total. The minimum absolute atomic E-state index is 0.495. The molecular formula is C17H33NO4. The first-order valence-corrected chi connectivity index (χ1v) is 8.74. The molecular weight excluding hydrogens is 282 g/mol. The summed E-state index contributed by atoms with van der Waals surface area (Å²) in [5, 5.41) is 21.3. The molecule has 0 aromatic rings. The summed E-state index contributed by atoms with van der Waals surface area (Å²) in [6.45, 7) is 4.24. The van der Waals surface area contributed by atoms with Crippen molar-refractivity contribution in [2.75, 3.05) is 0 Å². The number of hydrogen-bond donors (Lipinski definition) is 3. The van der Waals surface area contributed by atoms with E-state index in [1.807, 2.05) is 0 Å². The molecule has 5 heteroatoms. The lowest BCUT2D eigenvalue weighted by Crippen LogP contribution is -2.47. The number of carboxylic acid groups (broad SMARTS) is 2.